The third kappa shape index (κ3) is 5.72. The minimum atomic E-state index is -0.754. The molecule has 2 aromatic rings. The lowest BCUT2D eigenvalue weighted by Gasteiger charge is -2.32. The first-order valence-corrected chi connectivity index (χ1v) is 15.1. The van der Waals surface area contributed by atoms with Gasteiger partial charge in [0.05, 0.1) is 33.5 Å². The quantitative estimate of drug-likeness (QED) is 0.321. The molecule has 0 N–H and O–H groups in total. The first kappa shape index (κ1) is 34.7. The van der Waals surface area contributed by atoms with Gasteiger partial charge in [0.2, 0.25) is 0 Å². The third-order valence-electron chi connectivity index (χ3n) is 8.98. The highest BCUT2D eigenvalue weighted by Crippen LogP contribution is 2.39. The summed E-state index contributed by atoms with van der Waals surface area (Å²) in [5.41, 5.74) is 1.26. The number of hydrogen-bond donors (Lipinski definition) is 0. The molecule has 0 radical (unpaired) electrons. The van der Waals surface area contributed by atoms with E-state index in [0.29, 0.717) is 36.6 Å². The van der Waals surface area contributed by atoms with Crippen LogP contribution in [-0.2, 0) is 18.6 Å². The van der Waals surface area contributed by atoms with Crippen molar-refractivity contribution < 1.29 is 27.4 Å². The Labute approximate surface area is 265 Å². The molecule has 0 aliphatic carbocycles. The number of nitrogens with zero attached hydrogens (tertiary/aromatic N) is 2. The Morgan fingerprint density at radius 3 is 1.26 bits per heavy atom. The van der Waals surface area contributed by atoms with Crippen LogP contribution >= 0.6 is 31.9 Å². The number of benzene rings is 2. The highest BCUT2D eigenvalue weighted by atomic mass is 79.9. The SMILES string of the molecule is Cc1c(F)c(C#N)c(B2OC(C)(C)C(C)(C)O2)c(C)c1Br.Cc1c(F)c(C#N)c(C)c(B2OC(C)(C)C(C)(C)O2)c1Br. The molecule has 2 aliphatic heterocycles. The van der Waals surface area contributed by atoms with E-state index in [2.05, 4.69) is 31.9 Å². The normalized spacial score (nSPS) is 19.7. The van der Waals surface area contributed by atoms with Crippen LogP contribution in [0.1, 0.15) is 88.8 Å². The van der Waals surface area contributed by atoms with Crippen LogP contribution in [0.2, 0.25) is 0 Å². The zero-order chi connectivity index (χ0) is 32.3. The second-order valence-electron chi connectivity index (χ2n) is 12.7. The van der Waals surface area contributed by atoms with E-state index in [9.17, 15) is 19.3 Å². The number of hydrogen-bond acceptors (Lipinski definition) is 6. The molecule has 0 bridgehead atoms. The summed E-state index contributed by atoms with van der Waals surface area (Å²) in [4.78, 5) is 0. The second-order valence-corrected chi connectivity index (χ2v) is 14.3. The zero-order valence-corrected chi connectivity index (χ0v) is 29.4. The minimum Gasteiger partial charge on any atom is -0.399 e. The number of rotatable bonds is 2. The van der Waals surface area contributed by atoms with E-state index in [1.165, 1.54) is 0 Å². The predicted octanol–water partition coefficient (Wildman–Crippen LogP) is 6.75. The van der Waals surface area contributed by atoms with Crippen molar-refractivity contribution in [3.05, 3.63) is 54.0 Å². The third-order valence-corrected chi connectivity index (χ3v) is 11.2. The van der Waals surface area contributed by atoms with Crippen LogP contribution in [0, 0.1) is 62.0 Å². The maximum Gasteiger partial charge on any atom is 0.496 e. The monoisotopic (exact) mass is 706 g/mol. The summed E-state index contributed by atoms with van der Waals surface area (Å²) >= 11 is 6.81. The first-order valence-electron chi connectivity index (χ1n) is 13.5. The zero-order valence-electron chi connectivity index (χ0n) is 26.2. The molecule has 2 fully saturated rings. The van der Waals surface area contributed by atoms with Gasteiger partial charge in [-0.2, -0.15) is 10.5 Å². The van der Waals surface area contributed by atoms with Gasteiger partial charge in [0, 0.05) is 25.4 Å². The van der Waals surface area contributed by atoms with Gasteiger partial charge >= 0.3 is 14.2 Å². The second kappa shape index (κ2) is 11.6. The van der Waals surface area contributed by atoms with Crippen LogP contribution in [0.3, 0.4) is 0 Å². The summed E-state index contributed by atoms with van der Waals surface area (Å²) in [7, 11) is -1.38. The molecule has 0 saturated carbocycles. The van der Waals surface area contributed by atoms with Crippen LogP contribution in [0.5, 0.6) is 0 Å². The Bertz CT molecular complexity index is 1500. The van der Waals surface area contributed by atoms with Gasteiger partial charge in [0.25, 0.3) is 0 Å². The molecule has 12 heteroatoms. The van der Waals surface area contributed by atoms with E-state index in [0.717, 1.165) is 5.56 Å². The van der Waals surface area contributed by atoms with Crippen molar-refractivity contribution in [2.24, 2.45) is 0 Å². The van der Waals surface area contributed by atoms with Gasteiger partial charge in [-0.3, -0.25) is 0 Å². The maximum absolute atomic E-state index is 14.4. The fraction of sp³-hybridized carbons (Fsp3) is 0.533. The van der Waals surface area contributed by atoms with Crippen molar-refractivity contribution in [3.63, 3.8) is 0 Å². The van der Waals surface area contributed by atoms with Crippen molar-refractivity contribution in [1.29, 1.82) is 10.5 Å². The van der Waals surface area contributed by atoms with Crippen molar-refractivity contribution in [3.8, 4) is 12.1 Å². The van der Waals surface area contributed by atoms with Crippen molar-refractivity contribution in [2.75, 3.05) is 0 Å². The molecule has 2 aromatic carbocycles. The molecule has 2 saturated heterocycles. The van der Waals surface area contributed by atoms with Gasteiger partial charge in [-0.25, -0.2) is 8.78 Å². The van der Waals surface area contributed by atoms with Gasteiger partial charge < -0.3 is 18.6 Å². The minimum absolute atomic E-state index is 0.00769. The van der Waals surface area contributed by atoms with Gasteiger partial charge in [0.1, 0.15) is 23.8 Å². The fourth-order valence-corrected chi connectivity index (χ4v) is 5.72. The molecule has 0 unspecified atom stereocenters. The Hall–Kier alpha value is -1.79. The molecule has 2 heterocycles. The summed E-state index contributed by atoms with van der Waals surface area (Å²) in [5, 5.41) is 18.5. The van der Waals surface area contributed by atoms with E-state index in [1.54, 1.807) is 20.8 Å². The van der Waals surface area contributed by atoms with Gasteiger partial charge in [0.15, 0.2) is 0 Å². The van der Waals surface area contributed by atoms with Crippen LogP contribution < -0.4 is 10.9 Å². The lowest BCUT2D eigenvalue weighted by Crippen LogP contribution is -2.41. The topological polar surface area (TPSA) is 84.5 Å². The molecular formula is C30H36B2Br2F2N2O4. The molecule has 0 aromatic heterocycles. The molecule has 0 atom stereocenters. The first-order chi connectivity index (χ1) is 19.1. The van der Waals surface area contributed by atoms with Crippen LogP contribution in [0.25, 0.3) is 0 Å². The van der Waals surface area contributed by atoms with Gasteiger partial charge in [-0.1, -0.05) is 31.9 Å². The summed E-state index contributed by atoms with van der Waals surface area (Å²) in [5.74, 6) is -1.03. The van der Waals surface area contributed by atoms with Gasteiger partial charge in [-0.05, 0) is 99.8 Å². The molecule has 4 rings (SSSR count). The largest absolute Gasteiger partial charge is 0.496 e. The van der Waals surface area contributed by atoms with Crippen LogP contribution in [0.4, 0.5) is 8.78 Å². The average molecular weight is 708 g/mol. The maximum atomic E-state index is 14.4. The highest BCUT2D eigenvalue weighted by Gasteiger charge is 2.54. The van der Waals surface area contributed by atoms with Crippen LogP contribution in [0.15, 0.2) is 8.95 Å². The summed E-state index contributed by atoms with van der Waals surface area (Å²) in [6, 6.07) is 3.88. The molecular weight excluding hydrogens is 672 g/mol. The number of halogens is 4. The summed E-state index contributed by atoms with van der Waals surface area (Å²) in [6.45, 7) is 22.3. The molecule has 42 heavy (non-hydrogen) atoms. The Kier molecular flexibility index (Phi) is 9.59. The summed E-state index contributed by atoms with van der Waals surface area (Å²) in [6.07, 6.45) is 0. The van der Waals surface area contributed by atoms with E-state index in [-0.39, 0.29) is 11.1 Å². The predicted molar refractivity (Wildman–Crippen MR) is 168 cm³/mol. The average Bonchev–Trinajstić information content (AvgIpc) is 3.22. The summed E-state index contributed by atoms with van der Waals surface area (Å²) < 4.78 is 53.7. The fourth-order valence-electron chi connectivity index (χ4n) is 4.68. The Balaban J connectivity index is 0.000000230. The molecule has 0 spiro atoms. The standard InChI is InChI=1S/2C15H18BBrFNO2/c1-8-11(10(7-19)13(18)9(2)12(8)17)16-20-14(3,4)15(5,6)21-16;1-8-10(7-19)13(18)9(2)12(17)11(8)16-20-14(3,4)15(5,6)21-16/h2*1-6H3. The van der Waals surface area contributed by atoms with Gasteiger partial charge in [-0.15, -0.1) is 0 Å². The van der Waals surface area contributed by atoms with Crippen LogP contribution in [-0.4, -0.2) is 36.6 Å². The smallest absolute Gasteiger partial charge is 0.399 e. The molecule has 224 valence electrons. The van der Waals surface area contributed by atoms with Crippen molar-refractivity contribution >= 4 is 57.0 Å². The van der Waals surface area contributed by atoms with E-state index in [1.807, 2.05) is 74.5 Å². The van der Waals surface area contributed by atoms with E-state index < -0.39 is 48.3 Å². The number of nitriles is 2. The van der Waals surface area contributed by atoms with Crippen molar-refractivity contribution in [2.45, 2.75) is 105 Å². The Morgan fingerprint density at radius 2 is 0.881 bits per heavy atom. The van der Waals surface area contributed by atoms with E-state index >= 15 is 0 Å². The Morgan fingerprint density at radius 1 is 0.548 bits per heavy atom. The lowest BCUT2D eigenvalue weighted by molar-refractivity contribution is 0.00578. The lowest BCUT2D eigenvalue weighted by atomic mass is 9.72. The van der Waals surface area contributed by atoms with Crippen molar-refractivity contribution in [1.82, 2.24) is 0 Å². The molecule has 2 aliphatic rings. The molecule has 0 amide bonds. The molecule has 6 nitrogen and oxygen atoms in total. The highest BCUT2D eigenvalue weighted by molar-refractivity contribution is 9.11. The van der Waals surface area contributed by atoms with E-state index in [4.69, 9.17) is 18.6 Å².